The minimum absolute atomic E-state index is 0.00424. The van der Waals surface area contributed by atoms with Crippen molar-refractivity contribution < 1.29 is 29.1 Å². The molecule has 40 heavy (non-hydrogen) atoms. The Hall–Kier alpha value is -3.97. The van der Waals surface area contributed by atoms with Crippen molar-refractivity contribution in [1.82, 2.24) is 20.9 Å². The molecule has 4 amide bonds. The van der Waals surface area contributed by atoms with E-state index in [-0.39, 0.29) is 12.3 Å². The number of aliphatic carboxylic acids is 1. The first-order valence-corrected chi connectivity index (χ1v) is 13.4. The highest BCUT2D eigenvalue weighted by atomic mass is 16.4. The van der Waals surface area contributed by atoms with E-state index < -0.39 is 60.2 Å². The fourth-order valence-corrected chi connectivity index (χ4v) is 4.27. The molecule has 0 aliphatic rings. The molecule has 220 valence electrons. The molecule has 0 saturated heterocycles. The third-order valence-electron chi connectivity index (χ3n) is 6.85. The van der Waals surface area contributed by atoms with Crippen LogP contribution >= 0.6 is 0 Å². The molecule has 2 aromatic rings. The maximum absolute atomic E-state index is 13.5. The van der Waals surface area contributed by atoms with Crippen molar-refractivity contribution in [2.24, 2.45) is 23.1 Å². The highest BCUT2D eigenvalue weighted by Crippen LogP contribution is 2.20. The molecule has 0 saturated carbocycles. The van der Waals surface area contributed by atoms with Crippen LogP contribution in [0.25, 0.3) is 10.9 Å². The van der Waals surface area contributed by atoms with Gasteiger partial charge in [-0.1, -0.05) is 44.9 Å². The lowest BCUT2D eigenvalue weighted by molar-refractivity contribution is -0.143. The van der Waals surface area contributed by atoms with E-state index in [2.05, 4.69) is 20.9 Å². The average Bonchev–Trinajstić information content (AvgIpc) is 3.32. The highest BCUT2D eigenvalue weighted by molar-refractivity contribution is 5.95. The number of nitrogens with one attached hydrogen (secondary N) is 4. The summed E-state index contributed by atoms with van der Waals surface area (Å²) in [6.07, 6.45) is 3.40. The van der Waals surface area contributed by atoms with E-state index >= 15 is 0 Å². The number of carbonyl (C=O) groups excluding carboxylic acids is 4. The van der Waals surface area contributed by atoms with Gasteiger partial charge >= 0.3 is 5.97 Å². The molecule has 13 heteroatoms. The lowest BCUT2D eigenvalue weighted by Gasteiger charge is -2.28. The van der Waals surface area contributed by atoms with E-state index in [9.17, 15) is 29.1 Å². The number of primary amides is 1. The zero-order valence-corrected chi connectivity index (χ0v) is 22.9. The Morgan fingerprint density at radius 2 is 1.65 bits per heavy atom. The number of H-pyrrole nitrogens is 1. The molecule has 0 aliphatic carbocycles. The molecular formula is C27H41N7O6. The minimum atomic E-state index is -1.58. The number of aromatic nitrogens is 1. The highest BCUT2D eigenvalue weighted by Gasteiger charge is 2.33. The number of rotatable bonds is 17. The Morgan fingerprint density at radius 3 is 2.27 bits per heavy atom. The number of carbonyl (C=O) groups is 5. The zero-order valence-electron chi connectivity index (χ0n) is 22.9. The number of unbranched alkanes of at least 4 members (excludes halogenated alkanes) is 1. The molecule has 5 unspecified atom stereocenters. The van der Waals surface area contributed by atoms with E-state index in [0.717, 1.165) is 10.9 Å². The molecule has 0 bridgehead atoms. The SMILES string of the molecule is CCC(C)C(NC(=O)C(N)CCCCN)C(=O)NC(Cc1c[nH]c2ccccc12)C(=O)NC(CC(N)=O)C(=O)O. The number of hydrogen-bond donors (Lipinski definition) is 8. The van der Waals surface area contributed by atoms with E-state index in [1.54, 1.807) is 13.1 Å². The van der Waals surface area contributed by atoms with Gasteiger partial charge in [-0.25, -0.2) is 4.79 Å². The number of benzene rings is 1. The second-order valence-electron chi connectivity index (χ2n) is 9.96. The Labute approximate surface area is 233 Å². The number of hydrogen-bond acceptors (Lipinski definition) is 7. The number of fused-ring (bicyclic) bond motifs is 1. The van der Waals surface area contributed by atoms with Crippen LogP contribution in [-0.4, -0.2) is 70.4 Å². The molecule has 0 spiro atoms. The lowest BCUT2D eigenvalue weighted by atomic mass is 9.96. The molecule has 1 aromatic heterocycles. The normalized spacial score (nSPS) is 14.9. The average molecular weight is 560 g/mol. The fourth-order valence-electron chi connectivity index (χ4n) is 4.27. The monoisotopic (exact) mass is 559 g/mol. The largest absolute Gasteiger partial charge is 0.480 e. The molecule has 0 radical (unpaired) electrons. The summed E-state index contributed by atoms with van der Waals surface area (Å²) in [4.78, 5) is 65.7. The predicted octanol–water partition coefficient (Wildman–Crippen LogP) is -0.373. The molecule has 0 fully saturated rings. The van der Waals surface area contributed by atoms with Gasteiger partial charge in [0.25, 0.3) is 0 Å². The summed E-state index contributed by atoms with van der Waals surface area (Å²) in [6.45, 7) is 4.12. The van der Waals surface area contributed by atoms with Crippen molar-refractivity contribution in [1.29, 1.82) is 0 Å². The third-order valence-corrected chi connectivity index (χ3v) is 6.85. The van der Waals surface area contributed by atoms with Crippen LogP contribution in [0.1, 0.15) is 51.5 Å². The Morgan fingerprint density at radius 1 is 0.975 bits per heavy atom. The van der Waals surface area contributed by atoms with Crippen LogP contribution in [0.5, 0.6) is 0 Å². The topological polar surface area (TPSA) is 236 Å². The van der Waals surface area contributed by atoms with Crippen molar-refractivity contribution in [3.05, 3.63) is 36.0 Å². The van der Waals surface area contributed by atoms with Gasteiger partial charge in [-0.2, -0.15) is 0 Å². The maximum atomic E-state index is 13.5. The quantitative estimate of drug-likeness (QED) is 0.119. The summed E-state index contributed by atoms with van der Waals surface area (Å²) in [5.41, 5.74) is 18.2. The number of para-hydroxylation sites is 1. The van der Waals surface area contributed by atoms with Gasteiger partial charge in [0.05, 0.1) is 12.5 Å². The van der Waals surface area contributed by atoms with Gasteiger partial charge < -0.3 is 43.2 Å². The Balaban J connectivity index is 2.31. The second kappa shape index (κ2) is 15.6. The van der Waals surface area contributed by atoms with Gasteiger partial charge in [0.15, 0.2) is 0 Å². The van der Waals surface area contributed by atoms with Crippen LogP contribution in [-0.2, 0) is 30.4 Å². The summed E-state index contributed by atoms with van der Waals surface area (Å²) in [5.74, 6) is -4.61. The van der Waals surface area contributed by atoms with Gasteiger partial charge in [0.1, 0.15) is 18.1 Å². The van der Waals surface area contributed by atoms with Crippen molar-refractivity contribution in [3.8, 4) is 0 Å². The molecule has 5 atom stereocenters. The van der Waals surface area contributed by atoms with Gasteiger partial charge in [-0.15, -0.1) is 0 Å². The lowest BCUT2D eigenvalue weighted by Crippen LogP contribution is -2.59. The molecule has 11 N–H and O–H groups in total. The summed E-state index contributed by atoms with van der Waals surface area (Å²) in [7, 11) is 0. The van der Waals surface area contributed by atoms with Crippen LogP contribution in [0, 0.1) is 5.92 Å². The van der Waals surface area contributed by atoms with Crippen molar-refractivity contribution in [3.63, 3.8) is 0 Å². The predicted molar refractivity (Wildman–Crippen MR) is 150 cm³/mol. The zero-order chi connectivity index (χ0) is 29.8. The van der Waals surface area contributed by atoms with Crippen molar-refractivity contribution >= 4 is 40.5 Å². The van der Waals surface area contributed by atoms with Gasteiger partial charge in [-0.05, 0) is 36.9 Å². The Kier molecular flexibility index (Phi) is 12.6. The summed E-state index contributed by atoms with van der Waals surface area (Å²) in [5, 5.41) is 18.0. The summed E-state index contributed by atoms with van der Waals surface area (Å²) < 4.78 is 0. The van der Waals surface area contributed by atoms with Crippen molar-refractivity contribution in [2.45, 2.75) is 76.5 Å². The molecular weight excluding hydrogens is 518 g/mol. The van der Waals surface area contributed by atoms with Gasteiger partial charge in [0.2, 0.25) is 23.6 Å². The number of amides is 4. The first-order valence-electron chi connectivity index (χ1n) is 13.4. The smallest absolute Gasteiger partial charge is 0.326 e. The molecule has 1 aromatic carbocycles. The van der Waals surface area contributed by atoms with Crippen LogP contribution in [0.4, 0.5) is 0 Å². The Bertz CT molecular complexity index is 1180. The number of carboxylic acid groups (broad SMARTS) is 1. The number of nitrogens with two attached hydrogens (primary N) is 3. The third kappa shape index (κ3) is 9.35. The van der Waals surface area contributed by atoms with E-state index in [4.69, 9.17) is 17.2 Å². The fraction of sp³-hybridized carbons (Fsp3) is 0.519. The van der Waals surface area contributed by atoms with E-state index in [1.807, 2.05) is 31.2 Å². The summed E-state index contributed by atoms with van der Waals surface area (Å²) in [6, 6.07) is 2.72. The molecule has 13 nitrogen and oxygen atoms in total. The molecule has 1 heterocycles. The van der Waals surface area contributed by atoms with E-state index in [1.165, 1.54) is 0 Å². The second-order valence-corrected chi connectivity index (χ2v) is 9.96. The first-order chi connectivity index (χ1) is 19.0. The summed E-state index contributed by atoms with van der Waals surface area (Å²) >= 11 is 0. The van der Waals surface area contributed by atoms with Gasteiger partial charge in [0, 0.05) is 23.5 Å². The van der Waals surface area contributed by atoms with Crippen LogP contribution < -0.4 is 33.2 Å². The first kappa shape index (κ1) is 32.2. The van der Waals surface area contributed by atoms with Crippen molar-refractivity contribution in [2.75, 3.05) is 6.54 Å². The minimum Gasteiger partial charge on any atom is -0.480 e. The number of carboxylic acids is 1. The number of aromatic amines is 1. The molecule has 2 rings (SSSR count). The van der Waals surface area contributed by atoms with E-state index in [0.29, 0.717) is 37.8 Å². The van der Waals surface area contributed by atoms with Crippen LogP contribution in [0.2, 0.25) is 0 Å². The van der Waals surface area contributed by atoms with Gasteiger partial charge in [-0.3, -0.25) is 19.2 Å². The standard InChI is InChI=1S/C27H41N7O6/c1-3-15(2)23(34-24(36)18(29)9-6-7-11-28)26(38)32-20(25(37)33-21(27(39)40)13-22(30)35)12-16-14-31-19-10-5-4-8-17(16)19/h4-5,8,10,14-15,18,20-21,23,31H,3,6-7,9,11-13,28-29H2,1-2H3,(H2,30,35)(H,32,38)(H,33,37)(H,34,36)(H,39,40). The maximum Gasteiger partial charge on any atom is 0.326 e. The van der Waals surface area contributed by atoms with Crippen LogP contribution in [0.15, 0.2) is 30.5 Å². The molecule has 0 aliphatic heterocycles. The van der Waals surface area contributed by atoms with Crippen LogP contribution in [0.3, 0.4) is 0 Å².